The predicted molar refractivity (Wildman–Crippen MR) is 63.6 cm³/mol. The van der Waals surface area contributed by atoms with Crippen molar-refractivity contribution in [2.75, 3.05) is 0 Å². The van der Waals surface area contributed by atoms with Crippen LogP contribution in [0.5, 0.6) is 5.75 Å². The van der Waals surface area contributed by atoms with Crippen LogP contribution in [0.4, 0.5) is 0 Å². The lowest BCUT2D eigenvalue weighted by Gasteiger charge is -2.10. The highest BCUT2D eigenvalue weighted by Crippen LogP contribution is 2.21. The number of carbonyl (C=O) groups excluding carboxylic acids is 4. The molecule has 0 atom stereocenters. The van der Waals surface area contributed by atoms with E-state index in [2.05, 4.69) is 0 Å². The topological polar surface area (TPSA) is 86.7 Å². The van der Waals surface area contributed by atoms with Crippen molar-refractivity contribution in [3.63, 3.8) is 0 Å². The molecule has 0 radical (unpaired) electrons. The molecule has 0 amide bonds. The van der Waals surface area contributed by atoms with E-state index in [1.54, 1.807) is 0 Å². The van der Waals surface area contributed by atoms with Gasteiger partial charge >= 0.3 is 11.9 Å². The Hall–Kier alpha value is -2.50. The van der Waals surface area contributed by atoms with Gasteiger partial charge in [-0.05, 0) is 18.2 Å². The fraction of sp³-hybridized carbons (Fsp3) is 0.231. The Bertz CT molecular complexity index is 532. The summed E-state index contributed by atoms with van der Waals surface area (Å²) in [4.78, 5) is 43.4. The van der Waals surface area contributed by atoms with Crippen LogP contribution < -0.4 is 4.74 Å². The van der Waals surface area contributed by atoms with Crippen molar-refractivity contribution in [3.05, 3.63) is 29.3 Å². The number of Topliss-reactive ketones (excluding diaryl/α,β-unsaturated/α-hetero) is 1. The highest BCUT2D eigenvalue weighted by atomic mass is 16.5. The molecular weight excluding hydrogens is 252 g/mol. The highest BCUT2D eigenvalue weighted by molar-refractivity contribution is 6.33. The van der Waals surface area contributed by atoms with Crippen molar-refractivity contribution in [1.29, 1.82) is 0 Å². The molecule has 1 aromatic rings. The van der Waals surface area contributed by atoms with Crippen LogP contribution in [0.25, 0.3) is 0 Å². The fourth-order valence-electron chi connectivity index (χ4n) is 1.35. The molecule has 0 spiro atoms. The summed E-state index contributed by atoms with van der Waals surface area (Å²) < 4.78 is 9.70. The second-order valence-electron chi connectivity index (χ2n) is 3.68. The molecule has 0 saturated heterocycles. The Labute approximate surface area is 109 Å². The van der Waals surface area contributed by atoms with Crippen molar-refractivity contribution < 1.29 is 28.7 Å². The number of ether oxygens (including phenoxy) is 2. The Morgan fingerprint density at radius 2 is 1.84 bits per heavy atom. The number of hydrogen-bond acceptors (Lipinski definition) is 6. The average Bonchev–Trinajstić information content (AvgIpc) is 2.35. The number of hydrogen-bond donors (Lipinski definition) is 0. The molecule has 19 heavy (non-hydrogen) atoms. The summed E-state index contributed by atoms with van der Waals surface area (Å²) >= 11 is 0. The van der Waals surface area contributed by atoms with Crippen LogP contribution in [0.15, 0.2) is 18.2 Å². The molecule has 0 aliphatic rings. The maximum Gasteiger partial charge on any atom is 0.308 e. The van der Waals surface area contributed by atoms with Crippen molar-refractivity contribution in [2.45, 2.75) is 20.5 Å². The zero-order valence-corrected chi connectivity index (χ0v) is 10.5. The van der Waals surface area contributed by atoms with E-state index in [0.29, 0.717) is 5.56 Å². The molecule has 0 fully saturated rings. The summed E-state index contributed by atoms with van der Waals surface area (Å²) in [6.07, 6.45) is 0.177. The zero-order valence-electron chi connectivity index (χ0n) is 10.5. The number of rotatable bonds is 5. The first-order chi connectivity index (χ1) is 8.93. The number of aldehydes is 1. The third kappa shape index (κ3) is 4.34. The molecule has 0 heterocycles. The van der Waals surface area contributed by atoms with E-state index in [1.807, 2.05) is 0 Å². The normalized spacial score (nSPS) is 9.58. The minimum Gasteiger partial charge on any atom is -0.461 e. The molecule has 1 rings (SSSR count). The number of ketones is 1. The van der Waals surface area contributed by atoms with Gasteiger partial charge in [0.25, 0.3) is 0 Å². The molecule has 0 N–H and O–H groups in total. The lowest BCUT2D eigenvalue weighted by molar-refractivity contribution is -0.142. The Balaban J connectivity index is 3.09. The van der Waals surface area contributed by atoms with E-state index in [-0.39, 0.29) is 24.2 Å². The van der Waals surface area contributed by atoms with Crippen molar-refractivity contribution in [3.8, 4) is 5.75 Å². The van der Waals surface area contributed by atoms with Crippen LogP contribution in [-0.2, 0) is 25.7 Å². The van der Waals surface area contributed by atoms with E-state index >= 15 is 0 Å². The van der Waals surface area contributed by atoms with Gasteiger partial charge in [0, 0.05) is 25.0 Å². The minimum absolute atomic E-state index is 0.132. The Kier molecular flexibility index (Phi) is 4.93. The molecule has 0 aromatic heterocycles. The molecule has 0 aliphatic heterocycles. The molecule has 1 aromatic carbocycles. The zero-order chi connectivity index (χ0) is 14.4. The van der Waals surface area contributed by atoms with Crippen LogP contribution in [0.2, 0.25) is 0 Å². The third-order valence-electron chi connectivity index (χ3n) is 2.14. The molecule has 6 heteroatoms. The van der Waals surface area contributed by atoms with Gasteiger partial charge in [-0.1, -0.05) is 0 Å². The average molecular weight is 264 g/mol. The second kappa shape index (κ2) is 6.44. The van der Waals surface area contributed by atoms with Gasteiger partial charge in [-0.15, -0.1) is 0 Å². The molecule has 0 saturated carbocycles. The minimum atomic E-state index is -0.710. The van der Waals surface area contributed by atoms with Crippen LogP contribution >= 0.6 is 0 Å². The van der Waals surface area contributed by atoms with Gasteiger partial charge in [0.05, 0.1) is 0 Å². The smallest absolute Gasteiger partial charge is 0.308 e. The standard InChI is InChI=1S/C13H12O6/c1-8(15)18-7-11-5-10(12(17)6-14)3-4-13(11)19-9(2)16/h3-6H,7H2,1-2H3. The van der Waals surface area contributed by atoms with Crippen LogP contribution in [0.3, 0.4) is 0 Å². The fourth-order valence-corrected chi connectivity index (χ4v) is 1.35. The summed E-state index contributed by atoms with van der Waals surface area (Å²) in [7, 11) is 0. The largest absolute Gasteiger partial charge is 0.461 e. The monoisotopic (exact) mass is 264 g/mol. The lowest BCUT2D eigenvalue weighted by Crippen LogP contribution is -2.08. The van der Waals surface area contributed by atoms with Crippen molar-refractivity contribution in [2.24, 2.45) is 0 Å². The number of esters is 2. The van der Waals surface area contributed by atoms with Crippen molar-refractivity contribution in [1.82, 2.24) is 0 Å². The van der Waals surface area contributed by atoms with E-state index in [0.717, 1.165) is 0 Å². The Morgan fingerprint density at radius 3 is 2.37 bits per heavy atom. The number of benzene rings is 1. The summed E-state index contributed by atoms with van der Waals surface area (Å²) in [6, 6.07) is 4.07. The molecular formula is C13H12O6. The van der Waals surface area contributed by atoms with Crippen LogP contribution in [0, 0.1) is 0 Å². The summed E-state index contributed by atoms with van der Waals surface area (Å²) in [5, 5.41) is 0. The second-order valence-corrected chi connectivity index (χ2v) is 3.68. The van der Waals surface area contributed by atoms with Crippen LogP contribution in [0.1, 0.15) is 29.8 Å². The first kappa shape index (κ1) is 14.6. The SMILES string of the molecule is CC(=O)OCc1cc(C(=O)C=O)ccc1OC(C)=O. The van der Waals surface area contributed by atoms with Gasteiger partial charge in [0.15, 0.2) is 6.29 Å². The maximum atomic E-state index is 11.3. The summed E-state index contributed by atoms with van der Waals surface area (Å²) in [5.41, 5.74) is 0.464. The number of carbonyl (C=O) groups is 4. The molecule has 0 aliphatic carbocycles. The molecule has 100 valence electrons. The van der Waals surface area contributed by atoms with E-state index < -0.39 is 17.7 Å². The first-order valence-electron chi connectivity index (χ1n) is 5.38. The van der Waals surface area contributed by atoms with Crippen molar-refractivity contribution >= 4 is 24.0 Å². The third-order valence-corrected chi connectivity index (χ3v) is 2.14. The van der Waals surface area contributed by atoms with E-state index in [4.69, 9.17) is 9.47 Å². The molecule has 6 nitrogen and oxygen atoms in total. The summed E-state index contributed by atoms with van der Waals surface area (Å²) in [5.74, 6) is -1.59. The van der Waals surface area contributed by atoms with E-state index in [1.165, 1.54) is 32.0 Å². The van der Waals surface area contributed by atoms with Gasteiger partial charge in [-0.2, -0.15) is 0 Å². The van der Waals surface area contributed by atoms with E-state index in [9.17, 15) is 19.2 Å². The van der Waals surface area contributed by atoms with Gasteiger partial charge in [0.1, 0.15) is 12.4 Å². The molecule has 0 bridgehead atoms. The predicted octanol–water partition coefficient (Wildman–Crippen LogP) is 1.06. The molecule has 0 unspecified atom stereocenters. The first-order valence-corrected chi connectivity index (χ1v) is 5.38. The Morgan fingerprint density at radius 1 is 1.16 bits per heavy atom. The maximum absolute atomic E-state index is 11.3. The highest BCUT2D eigenvalue weighted by Gasteiger charge is 2.12. The van der Waals surface area contributed by atoms with Gasteiger partial charge < -0.3 is 9.47 Å². The van der Waals surface area contributed by atoms with Gasteiger partial charge in [0.2, 0.25) is 5.78 Å². The summed E-state index contributed by atoms with van der Waals surface area (Å²) in [6.45, 7) is 2.30. The lowest BCUT2D eigenvalue weighted by atomic mass is 10.1. The van der Waals surface area contributed by atoms with Gasteiger partial charge in [-0.3, -0.25) is 19.2 Å². The van der Waals surface area contributed by atoms with Gasteiger partial charge in [-0.25, -0.2) is 0 Å². The quantitative estimate of drug-likeness (QED) is 0.260. The van der Waals surface area contributed by atoms with Crippen LogP contribution in [-0.4, -0.2) is 24.0 Å².